The molecule has 0 spiro atoms. The number of rotatable bonds is 5. The number of hydrogen-bond acceptors (Lipinski definition) is 7. The summed E-state index contributed by atoms with van der Waals surface area (Å²) >= 11 is 0. The second-order valence-corrected chi connectivity index (χ2v) is 7.93. The molecule has 0 fully saturated rings. The molecule has 0 aliphatic rings. The first kappa shape index (κ1) is 22.6. The third-order valence-corrected chi connectivity index (χ3v) is 5.41. The fourth-order valence-electron chi connectivity index (χ4n) is 3.80. The number of carbonyl (C=O) groups excluding carboxylic acids is 1. The number of pyridine rings is 1. The van der Waals surface area contributed by atoms with Gasteiger partial charge in [-0.2, -0.15) is 5.26 Å². The number of halogens is 1. The van der Waals surface area contributed by atoms with Gasteiger partial charge in [0.05, 0.1) is 22.8 Å². The number of carbonyl (C=O) groups is 1. The van der Waals surface area contributed by atoms with Gasteiger partial charge >= 0.3 is 0 Å². The molecule has 170 valence electrons. The minimum atomic E-state index is -0.500. The number of fused-ring (bicyclic) bond motifs is 1. The Balaban J connectivity index is 2.02. The van der Waals surface area contributed by atoms with E-state index in [0.29, 0.717) is 27.7 Å². The summed E-state index contributed by atoms with van der Waals surface area (Å²) in [6, 6.07) is 15.0. The molecule has 34 heavy (non-hydrogen) atoms. The van der Waals surface area contributed by atoms with Gasteiger partial charge in [0.1, 0.15) is 35.4 Å². The lowest BCUT2D eigenvalue weighted by molar-refractivity contribution is 0.0830. The summed E-state index contributed by atoms with van der Waals surface area (Å²) in [7, 11) is 3.29. The highest BCUT2D eigenvalue weighted by Crippen LogP contribution is 2.37. The number of aromatic nitrogens is 3. The van der Waals surface area contributed by atoms with Crippen LogP contribution in [0.2, 0.25) is 0 Å². The Kier molecular flexibility index (Phi) is 6.06. The first-order valence-electron chi connectivity index (χ1n) is 10.5. The minimum absolute atomic E-state index is 0.0564. The van der Waals surface area contributed by atoms with E-state index in [1.165, 1.54) is 23.4 Å². The largest absolute Gasteiger partial charge is 0.382 e. The van der Waals surface area contributed by atoms with Gasteiger partial charge < -0.3 is 16.0 Å². The van der Waals surface area contributed by atoms with Crippen molar-refractivity contribution in [2.45, 2.75) is 13.0 Å². The van der Waals surface area contributed by atoms with E-state index in [0.717, 1.165) is 5.56 Å². The van der Waals surface area contributed by atoms with Crippen molar-refractivity contribution in [3.8, 4) is 17.2 Å². The molecule has 1 unspecified atom stereocenters. The van der Waals surface area contributed by atoms with Crippen molar-refractivity contribution in [3.63, 3.8) is 0 Å². The highest BCUT2D eigenvalue weighted by molar-refractivity contribution is 6.12. The van der Waals surface area contributed by atoms with Gasteiger partial charge in [-0.25, -0.2) is 19.3 Å². The summed E-state index contributed by atoms with van der Waals surface area (Å²) < 4.78 is 14.3. The van der Waals surface area contributed by atoms with Crippen LogP contribution in [0.15, 0.2) is 54.9 Å². The number of nitrogen functional groups attached to an aromatic ring is 1. The van der Waals surface area contributed by atoms with Crippen LogP contribution in [0.25, 0.3) is 22.0 Å². The average molecular weight is 455 g/mol. The fourth-order valence-corrected chi connectivity index (χ4v) is 3.80. The smallest absolute Gasteiger partial charge is 0.254 e. The summed E-state index contributed by atoms with van der Waals surface area (Å²) in [5, 5.41) is 13.1. The van der Waals surface area contributed by atoms with Crippen LogP contribution in [0.3, 0.4) is 0 Å². The Labute approximate surface area is 195 Å². The molecule has 1 amide bonds. The maximum atomic E-state index is 14.3. The van der Waals surface area contributed by atoms with Crippen molar-refractivity contribution >= 4 is 28.4 Å². The third kappa shape index (κ3) is 4.09. The molecule has 0 aliphatic heterocycles. The van der Waals surface area contributed by atoms with Crippen LogP contribution in [0.4, 0.5) is 16.0 Å². The predicted octanol–water partition coefficient (Wildman–Crippen LogP) is 4.16. The molecule has 8 nitrogen and oxygen atoms in total. The van der Waals surface area contributed by atoms with Gasteiger partial charge in [0, 0.05) is 25.0 Å². The van der Waals surface area contributed by atoms with E-state index in [2.05, 4.69) is 15.3 Å². The Bertz CT molecular complexity index is 1430. The zero-order valence-electron chi connectivity index (χ0n) is 18.9. The zero-order valence-corrected chi connectivity index (χ0v) is 18.9. The fraction of sp³-hybridized carbons (Fsp3) is 0.160. The van der Waals surface area contributed by atoms with Crippen LogP contribution < -0.4 is 11.1 Å². The Morgan fingerprint density at radius 3 is 2.59 bits per heavy atom. The molecular weight excluding hydrogens is 433 g/mol. The zero-order chi connectivity index (χ0) is 24.4. The molecular formula is C25H22FN7O. The van der Waals surface area contributed by atoms with Crippen LogP contribution >= 0.6 is 0 Å². The van der Waals surface area contributed by atoms with E-state index >= 15 is 0 Å². The van der Waals surface area contributed by atoms with Gasteiger partial charge in [-0.3, -0.25) is 4.79 Å². The quantitative estimate of drug-likeness (QED) is 0.463. The lowest BCUT2D eigenvalue weighted by Crippen LogP contribution is -2.24. The van der Waals surface area contributed by atoms with E-state index in [-0.39, 0.29) is 23.1 Å². The number of nitriles is 1. The van der Waals surface area contributed by atoms with E-state index in [1.54, 1.807) is 20.2 Å². The summed E-state index contributed by atoms with van der Waals surface area (Å²) in [4.78, 5) is 27.7. The number of nitrogens with one attached hydrogen (secondary N) is 1. The van der Waals surface area contributed by atoms with E-state index in [4.69, 9.17) is 10.7 Å². The van der Waals surface area contributed by atoms with Gasteiger partial charge in [-0.1, -0.05) is 30.3 Å². The molecule has 0 bridgehead atoms. The Hall–Kier alpha value is -4.58. The van der Waals surface area contributed by atoms with Crippen molar-refractivity contribution < 1.29 is 9.18 Å². The SMILES string of the molecule is CC(Nc1ncnc(N)c1C#N)c1nc2ccc(F)cc2c(C(=O)N(C)C)c1-c1ccccc1. The number of amides is 1. The Morgan fingerprint density at radius 2 is 1.91 bits per heavy atom. The van der Waals surface area contributed by atoms with E-state index in [1.807, 2.05) is 43.3 Å². The highest BCUT2D eigenvalue weighted by Gasteiger charge is 2.26. The van der Waals surface area contributed by atoms with Crippen LogP contribution in [0.5, 0.6) is 0 Å². The average Bonchev–Trinajstić information content (AvgIpc) is 2.83. The van der Waals surface area contributed by atoms with E-state index < -0.39 is 11.9 Å². The highest BCUT2D eigenvalue weighted by atomic mass is 19.1. The molecule has 0 saturated heterocycles. The van der Waals surface area contributed by atoms with Crippen molar-refractivity contribution in [2.75, 3.05) is 25.1 Å². The summed E-state index contributed by atoms with van der Waals surface area (Å²) in [5.41, 5.74) is 8.62. The molecule has 9 heteroatoms. The van der Waals surface area contributed by atoms with Crippen molar-refractivity contribution in [2.24, 2.45) is 0 Å². The van der Waals surface area contributed by atoms with Crippen LogP contribution in [-0.4, -0.2) is 39.9 Å². The first-order chi connectivity index (χ1) is 16.3. The summed E-state index contributed by atoms with van der Waals surface area (Å²) in [6.45, 7) is 1.84. The molecule has 1 atom stereocenters. The maximum absolute atomic E-state index is 14.3. The monoisotopic (exact) mass is 455 g/mol. The number of hydrogen-bond donors (Lipinski definition) is 2. The van der Waals surface area contributed by atoms with Gasteiger partial charge in [-0.05, 0) is 30.7 Å². The van der Waals surface area contributed by atoms with Crippen LogP contribution in [0, 0.1) is 17.1 Å². The first-order valence-corrected chi connectivity index (χ1v) is 10.5. The molecule has 0 saturated carbocycles. The maximum Gasteiger partial charge on any atom is 0.254 e. The number of anilines is 2. The van der Waals surface area contributed by atoms with Crippen LogP contribution in [-0.2, 0) is 0 Å². The lowest BCUT2D eigenvalue weighted by atomic mass is 9.91. The molecule has 3 N–H and O–H groups in total. The normalized spacial score (nSPS) is 11.6. The third-order valence-electron chi connectivity index (χ3n) is 5.41. The van der Waals surface area contributed by atoms with Gasteiger partial charge in [0.15, 0.2) is 0 Å². The Morgan fingerprint density at radius 1 is 1.18 bits per heavy atom. The molecule has 4 rings (SSSR count). The number of benzene rings is 2. The minimum Gasteiger partial charge on any atom is -0.382 e. The van der Waals surface area contributed by atoms with Crippen LogP contribution in [0.1, 0.15) is 34.6 Å². The lowest BCUT2D eigenvalue weighted by Gasteiger charge is -2.23. The van der Waals surface area contributed by atoms with E-state index in [9.17, 15) is 14.4 Å². The molecule has 2 aromatic carbocycles. The number of nitrogens with zero attached hydrogens (tertiary/aromatic N) is 5. The molecule has 0 aliphatic carbocycles. The molecule has 0 radical (unpaired) electrons. The molecule has 2 aromatic heterocycles. The number of nitrogens with two attached hydrogens (primary N) is 1. The van der Waals surface area contributed by atoms with Crippen molar-refractivity contribution in [1.29, 1.82) is 5.26 Å². The topological polar surface area (TPSA) is 121 Å². The molecule has 2 heterocycles. The summed E-state index contributed by atoms with van der Waals surface area (Å²) in [5.74, 6) is -0.437. The van der Waals surface area contributed by atoms with Crippen molar-refractivity contribution in [1.82, 2.24) is 19.9 Å². The van der Waals surface area contributed by atoms with Gasteiger partial charge in [-0.15, -0.1) is 0 Å². The standard InChI is InChI=1S/C25H22FN7O/c1-14(31-24-18(12-27)23(28)29-13-30-24)22-20(15-7-5-4-6-8-15)21(25(34)33(2)3)17-11-16(26)9-10-19(17)32-22/h4-11,13-14H,1-3H3,(H3,28,29,30,31). The second kappa shape index (κ2) is 9.11. The summed E-state index contributed by atoms with van der Waals surface area (Å²) in [6.07, 6.45) is 1.26. The van der Waals surface area contributed by atoms with Crippen molar-refractivity contribution in [3.05, 3.63) is 77.5 Å². The second-order valence-electron chi connectivity index (χ2n) is 7.93. The van der Waals surface area contributed by atoms with Gasteiger partial charge in [0.25, 0.3) is 5.91 Å². The predicted molar refractivity (Wildman–Crippen MR) is 128 cm³/mol. The van der Waals surface area contributed by atoms with Gasteiger partial charge in [0.2, 0.25) is 0 Å². The molecule has 4 aromatic rings.